The summed E-state index contributed by atoms with van der Waals surface area (Å²) in [5.41, 5.74) is 1.46. The van der Waals surface area contributed by atoms with Gasteiger partial charge in [0.25, 0.3) is 0 Å². The van der Waals surface area contributed by atoms with Crippen molar-refractivity contribution in [3.8, 4) is 0 Å². The van der Waals surface area contributed by atoms with Crippen molar-refractivity contribution in [2.24, 2.45) is 5.92 Å². The van der Waals surface area contributed by atoms with E-state index in [0.717, 1.165) is 19.8 Å². The van der Waals surface area contributed by atoms with Crippen LogP contribution in [0.1, 0.15) is 44.1 Å². The van der Waals surface area contributed by atoms with E-state index >= 15 is 0 Å². The molecule has 0 radical (unpaired) electrons. The van der Waals surface area contributed by atoms with Crippen LogP contribution in [0.5, 0.6) is 0 Å². The highest BCUT2D eigenvalue weighted by molar-refractivity contribution is 5.18. The van der Waals surface area contributed by atoms with Crippen LogP contribution in [-0.2, 0) is 9.47 Å². The fourth-order valence-corrected chi connectivity index (χ4v) is 3.61. The maximum Gasteiger partial charge on any atom is 0.0599 e. The van der Waals surface area contributed by atoms with E-state index in [-0.39, 0.29) is 0 Å². The second-order valence-electron chi connectivity index (χ2n) is 7.20. The Labute approximate surface area is 141 Å². The monoisotopic (exact) mass is 317 g/mol. The molecule has 3 nitrogen and oxygen atoms in total. The lowest BCUT2D eigenvalue weighted by Gasteiger charge is -2.33. The summed E-state index contributed by atoms with van der Waals surface area (Å²) in [5.74, 6) is 1.28. The van der Waals surface area contributed by atoms with Gasteiger partial charge < -0.3 is 14.4 Å². The highest BCUT2D eigenvalue weighted by Crippen LogP contribution is 2.22. The Kier molecular flexibility index (Phi) is 6.49. The Bertz CT molecular complexity index is 436. The van der Waals surface area contributed by atoms with E-state index < -0.39 is 0 Å². The molecule has 23 heavy (non-hydrogen) atoms. The second-order valence-corrected chi connectivity index (χ2v) is 7.20. The zero-order chi connectivity index (χ0) is 15.9. The Balaban J connectivity index is 1.31. The van der Waals surface area contributed by atoms with Gasteiger partial charge in [0.05, 0.1) is 19.3 Å². The molecule has 0 spiro atoms. The molecule has 1 aromatic rings. The molecule has 0 aromatic heterocycles. The summed E-state index contributed by atoms with van der Waals surface area (Å²) in [6.45, 7) is 8.65. The Morgan fingerprint density at radius 1 is 1.17 bits per heavy atom. The molecule has 2 aliphatic heterocycles. The Morgan fingerprint density at radius 2 is 1.96 bits per heavy atom. The molecule has 2 saturated heterocycles. The number of hydrogen-bond acceptors (Lipinski definition) is 3. The molecule has 2 fully saturated rings. The molecule has 0 bridgehead atoms. The van der Waals surface area contributed by atoms with Gasteiger partial charge in [-0.15, -0.1) is 0 Å². The first-order chi connectivity index (χ1) is 11.3. The largest absolute Gasteiger partial charge is 0.381 e. The van der Waals surface area contributed by atoms with E-state index in [1.165, 1.54) is 50.9 Å². The van der Waals surface area contributed by atoms with Gasteiger partial charge in [0.1, 0.15) is 0 Å². The van der Waals surface area contributed by atoms with Crippen molar-refractivity contribution in [1.29, 1.82) is 0 Å². The molecular formula is C20H31NO2. The van der Waals surface area contributed by atoms with Crippen LogP contribution >= 0.6 is 0 Å². The maximum atomic E-state index is 6.10. The summed E-state index contributed by atoms with van der Waals surface area (Å²) in [6, 6.07) is 10.9. The molecule has 1 aromatic carbocycles. The summed E-state index contributed by atoms with van der Waals surface area (Å²) in [4.78, 5) is 2.61. The van der Waals surface area contributed by atoms with Crippen LogP contribution in [0.15, 0.2) is 30.3 Å². The zero-order valence-electron chi connectivity index (χ0n) is 14.5. The highest BCUT2D eigenvalue weighted by Gasteiger charge is 2.22. The minimum absolute atomic E-state index is 0.471. The van der Waals surface area contributed by atoms with E-state index in [1.54, 1.807) is 0 Å². The van der Waals surface area contributed by atoms with Crippen LogP contribution in [-0.4, -0.2) is 50.5 Å². The average Bonchev–Trinajstić information content (AvgIpc) is 3.13. The lowest BCUT2D eigenvalue weighted by molar-refractivity contribution is -0.0106. The number of rotatable bonds is 7. The number of nitrogens with zero attached hydrogens (tertiary/aromatic N) is 1. The molecule has 0 amide bonds. The van der Waals surface area contributed by atoms with Crippen molar-refractivity contribution in [1.82, 2.24) is 4.90 Å². The third-order valence-electron chi connectivity index (χ3n) is 5.37. The molecule has 128 valence electrons. The van der Waals surface area contributed by atoms with E-state index in [0.29, 0.717) is 17.9 Å². The van der Waals surface area contributed by atoms with Crippen LogP contribution in [0.25, 0.3) is 0 Å². The Hall–Kier alpha value is -0.900. The summed E-state index contributed by atoms with van der Waals surface area (Å²) >= 11 is 0. The van der Waals surface area contributed by atoms with Gasteiger partial charge in [0, 0.05) is 25.6 Å². The van der Waals surface area contributed by atoms with E-state index in [4.69, 9.17) is 9.47 Å². The minimum Gasteiger partial charge on any atom is -0.381 e. The van der Waals surface area contributed by atoms with E-state index in [1.807, 2.05) is 0 Å². The minimum atomic E-state index is 0.471. The Morgan fingerprint density at radius 3 is 2.65 bits per heavy atom. The first kappa shape index (κ1) is 16.9. The van der Waals surface area contributed by atoms with Crippen molar-refractivity contribution >= 4 is 0 Å². The summed E-state index contributed by atoms with van der Waals surface area (Å²) in [7, 11) is 0. The summed E-state index contributed by atoms with van der Waals surface area (Å²) in [5, 5.41) is 0. The van der Waals surface area contributed by atoms with Gasteiger partial charge in [0.15, 0.2) is 0 Å². The fourth-order valence-electron chi connectivity index (χ4n) is 3.61. The van der Waals surface area contributed by atoms with Crippen LogP contribution in [0.2, 0.25) is 0 Å². The number of piperidine rings is 1. The third-order valence-corrected chi connectivity index (χ3v) is 5.37. The summed E-state index contributed by atoms with van der Waals surface area (Å²) in [6.07, 6.45) is 5.27. The van der Waals surface area contributed by atoms with Gasteiger partial charge in [-0.25, -0.2) is 0 Å². The van der Waals surface area contributed by atoms with Crippen molar-refractivity contribution < 1.29 is 9.47 Å². The average molecular weight is 317 g/mol. The van der Waals surface area contributed by atoms with Gasteiger partial charge in [0.2, 0.25) is 0 Å². The lowest BCUT2D eigenvalue weighted by Crippen LogP contribution is -2.38. The van der Waals surface area contributed by atoms with Gasteiger partial charge in [-0.3, -0.25) is 0 Å². The standard InChI is InChI=1S/C20H31NO2/c1-17(19-5-3-2-4-6-19)7-11-21-12-8-20(9-13-21)23-16-18-10-14-22-15-18/h2-6,17-18,20H,7-16H2,1H3/t17-,18+/m1/s1. The number of likely N-dealkylation sites (tertiary alicyclic amines) is 1. The van der Waals surface area contributed by atoms with Crippen LogP contribution < -0.4 is 0 Å². The maximum absolute atomic E-state index is 6.10. The lowest BCUT2D eigenvalue weighted by atomic mass is 9.97. The normalized spacial score (nSPS) is 24.8. The molecule has 2 atom stereocenters. The fraction of sp³-hybridized carbons (Fsp3) is 0.700. The molecular weight excluding hydrogens is 286 g/mol. The third kappa shape index (κ3) is 5.30. The van der Waals surface area contributed by atoms with Crippen LogP contribution in [0.4, 0.5) is 0 Å². The van der Waals surface area contributed by atoms with Crippen molar-refractivity contribution in [2.75, 3.05) is 39.5 Å². The van der Waals surface area contributed by atoms with Crippen molar-refractivity contribution in [2.45, 2.75) is 44.6 Å². The smallest absolute Gasteiger partial charge is 0.0599 e. The molecule has 0 aliphatic carbocycles. The molecule has 2 aliphatic rings. The number of ether oxygens (including phenoxy) is 2. The zero-order valence-corrected chi connectivity index (χ0v) is 14.5. The predicted octanol–water partition coefficient (Wildman–Crippen LogP) is 3.70. The molecule has 2 heterocycles. The highest BCUT2D eigenvalue weighted by atomic mass is 16.5. The molecule has 0 N–H and O–H groups in total. The summed E-state index contributed by atoms with van der Waals surface area (Å²) < 4.78 is 11.5. The SMILES string of the molecule is C[C@H](CCN1CCC(OC[C@H]2CCOC2)CC1)c1ccccc1. The molecule has 3 rings (SSSR count). The van der Waals surface area contributed by atoms with Gasteiger partial charge in [-0.05, 0) is 43.7 Å². The van der Waals surface area contributed by atoms with Gasteiger partial charge in [-0.1, -0.05) is 37.3 Å². The van der Waals surface area contributed by atoms with E-state index in [9.17, 15) is 0 Å². The van der Waals surface area contributed by atoms with Crippen LogP contribution in [0.3, 0.4) is 0 Å². The number of hydrogen-bond donors (Lipinski definition) is 0. The topological polar surface area (TPSA) is 21.7 Å². The first-order valence-electron chi connectivity index (χ1n) is 9.28. The molecule has 3 heteroatoms. The van der Waals surface area contributed by atoms with Gasteiger partial charge in [-0.2, -0.15) is 0 Å². The number of benzene rings is 1. The van der Waals surface area contributed by atoms with Crippen LogP contribution in [0, 0.1) is 5.92 Å². The van der Waals surface area contributed by atoms with Crippen molar-refractivity contribution in [3.63, 3.8) is 0 Å². The predicted molar refractivity (Wildman–Crippen MR) is 93.8 cm³/mol. The van der Waals surface area contributed by atoms with E-state index in [2.05, 4.69) is 42.2 Å². The second kappa shape index (κ2) is 8.81. The quantitative estimate of drug-likeness (QED) is 0.765. The van der Waals surface area contributed by atoms with Gasteiger partial charge >= 0.3 is 0 Å². The molecule has 0 unspecified atom stereocenters. The first-order valence-corrected chi connectivity index (χ1v) is 9.28. The van der Waals surface area contributed by atoms with Crippen molar-refractivity contribution in [3.05, 3.63) is 35.9 Å². The molecule has 0 saturated carbocycles.